The number of rotatable bonds is 23. The van der Waals surface area contributed by atoms with Crippen molar-refractivity contribution >= 4 is 69.5 Å². The highest BCUT2D eigenvalue weighted by atomic mass is 127. The molecule has 0 saturated carbocycles. The number of carbonyl (C=O) groups excluding carboxylic acids is 4. The molecule has 8 aromatic carbocycles. The topological polar surface area (TPSA) is 220 Å². The average Bonchev–Trinajstić information content (AvgIpc) is 0.800. The summed E-state index contributed by atoms with van der Waals surface area (Å²) < 4.78 is 147. The molecular formula is C83H70F11IN12O4. The number of carbonyl (C=O) groups is 4. The zero-order valence-electron chi connectivity index (χ0n) is 60.0. The van der Waals surface area contributed by atoms with Crippen LogP contribution in [0.3, 0.4) is 0 Å². The number of benzene rings is 8. The van der Waals surface area contributed by atoms with Gasteiger partial charge in [0.1, 0.15) is 23.3 Å². The molecule has 0 aliphatic rings. The van der Waals surface area contributed by atoms with Crippen LogP contribution in [0.25, 0.3) is 45.0 Å². The second-order valence-electron chi connectivity index (χ2n) is 24.6. The first-order valence-electron chi connectivity index (χ1n) is 34.8. The van der Waals surface area contributed by atoms with E-state index in [4.69, 9.17) is 0 Å². The van der Waals surface area contributed by atoms with E-state index in [1.54, 1.807) is 60.9 Å². The molecular weight excluding hydrogens is 1560 g/mol. The van der Waals surface area contributed by atoms with Gasteiger partial charge in [0.25, 0.3) is 5.91 Å². The van der Waals surface area contributed by atoms with Crippen molar-refractivity contribution in [1.29, 1.82) is 0 Å². The van der Waals surface area contributed by atoms with Crippen molar-refractivity contribution in [2.45, 2.75) is 98.3 Å². The van der Waals surface area contributed by atoms with Gasteiger partial charge in [-0.15, -0.1) is 0 Å². The third-order valence-electron chi connectivity index (χ3n) is 16.2. The number of aryl methyl sites for hydroxylation is 4. The van der Waals surface area contributed by atoms with Crippen LogP contribution in [-0.2, 0) is 59.3 Å². The molecule has 28 heteroatoms. The number of aromatic nitrogens is 8. The van der Waals surface area contributed by atoms with E-state index in [9.17, 15) is 67.5 Å². The molecule has 12 rings (SSSR count). The van der Waals surface area contributed by atoms with Crippen molar-refractivity contribution in [3.63, 3.8) is 0 Å². The molecule has 4 N–H and O–H groups in total. The first-order chi connectivity index (χ1) is 53.4. The zero-order chi connectivity index (χ0) is 79.7. The summed E-state index contributed by atoms with van der Waals surface area (Å²) in [6.45, 7) is 7.89. The van der Waals surface area contributed by atoms with Crippen molar-refractivity contribution in [3.8, 4) is 45.0 Å². The minimum Gasteiger partial charge on any atom is -0.309 e. The fraction of sp³-hybridized carbons (Fsp3) is 0.181. The monoisotopic (exact) mass is 1630 g/mol. The lowest BCUT2D eigenvalue weighted by molar-refractivity contribution is -0.116. The number of nitrogens with one attached hydrogen (secondary N) is 4. The molecule has 570 valence electrons. The van der Waals surface area contributed by atoms with Crippen LogP contribution in [-0.4, -0.2) is 63.5 Å². The molecule has 0 aliphatic heterocycles. The molecule has 12 aromatic rings. The van der Waals surface area contributed by atoms with Crippen molar-refractivity contribution in [3.05, 3.63) is 307 Å². The van der Waals surface area contributed by atoms with Gasteiger partial charge < -0.3 is 21.3 Å². The molecule has 0 bridgehead atoms. The molecule has 16 nitrogen and oxygen atoms in total. The van der Waals surface area contributed by atoms with E-state index in [-0.39, 0.29) is 47.9 Å². The summed E-state index contributed by atoms with van der Waals surface area (Å²) in [5, 5.41) is 10.7. The largest absolute Gasteiger partial charge is 0.309 e. The standard InChI is InChI=1S/C21H15F6N3O.C21H18F3N3O.C21H19FIN3O.C20H18FN3O/c1-2-3-13-21(28-9-14(29-13)10-4-6-11(22)7-5-10)30-15(31)8-12-16(23)18(25)20(27)19(26)17(12)24;1-2-3-18-21(25-12-19(26-18)14-5-7-15(22)8-6-14)27-20(28)11-13-4-9-16(23)17(24)10-13;1-2-3-18-21(26-20(27)12-14-4-10-17(23)11-5-14)24-13-19(25-18)15-6-8-16(22)9-7-15;1-2-6-17-19(24-20(25)15-7-4-3-5-8-15)22-13-18(23-17)14-9-11-16(21)12-10-14/h4-7,9H,2-3,8H2,1H3,(H,28,30,31);4-10,12H,2-3,11H2,1H3,(H,25,27,28);4-11,13H,2-3,12H2,1H3,(H,24,26,27);3-5,7-13H,2,6H2,1H3,(H,22,24,25). The normalized spacial score (nSPS) is 10.7. The van der Waals surface area contributed by atoms with Crippen molar-refractivity contribution in [1.82, 2.24) is 39.9 Å². The highest BCUT2D eigenvalue weighted by Gasteiger charge is 2.28. The maximum atomic E-state index is 13.8. The van der Waals surface area contributed by atoms with Crippen molar-refractivity contribution in [2.24, 2.45) is 0 Å². The molecule has 4 heterocycles. The van der Waals surface area contributed by atoms with E-state index in [1.165, 1.54) is 79.1 Å². The van der Waals surface area contributed by atoms with E-state index < -0.39 is 70.3 Å². The van der Waals surface area contributed by atoms with Crippen LogP contribution < -0.4 is 21.3 Å². The molecule has 0 aliphatic carbocycles. The van der Waals surface area contributed by atoms with Crippen LogP contribution in [0.15, 0.2) is 195 Å². The molecule has 0 saturated heterocycles. The van der Waals surface area contributed by atoms with Gasteiger partial charge in [0.05, 0.1) is 89.6 Å². The van der Waals surface area contributed by atoms with Gasteiger partial charge in [-0.2, -0.15) is 0 Å². The lowest BCUT2D eigenvalue weighted by Crippen LogP contribution is -2.20. The molecule has 0 unspecified atom stereocenters. The Kier molecular flexibility index (Phi) is 30.2. The summed E-state index contributed by atoms with van der Waals surface area (Å²) in [7, 11) is 0. The number of hydrogen-bond donors (Lipinski definition) is 4. The zero-order valence-corrected chi connectivity index (χ0v) is 62.2. The predicted octanol–water partition coefficient (Wildman–Crippen LogP) is 19.3. The van der Waals surface area contributed by atoms with Crippen LogP contribution >= 0.6 is 22.6 Å². The van der Waals surface area contributed by atoms with Gasteiger partial charge in [-0.05, 0) is 193 Å². The summed E-state index contributed by atoms with van der Waals surface area (Å²) in [6, 6.07) is 43.8. The maximum Gasteiger partial charge on any atom is 0.256 e. The third kappa shape index (κ3) is 23.7. The van der Waals surface area contributed by atoms with E-state index in [2.05, 4.69) is 83.7 Å². The number of anilines is 4. The minimum atomic E-state index is -2.30. The Labute approximate surface area is 645 Å². The molecule has 0 atom stereocenters. The molecule has 0 fully saturated rings. The Morgan fingerprint density at radius 3 is 0.973 bits per heavy atom. The molecule has 0 radical (unpaired) electrons. The number of amides is 4. The fourth-order valence-electron chi connectivity index (χ4n) is 10.7. The lowest BCUT2D eigenvalue weighted by Gasteiger charge is -2.12. The Morgan fingerprint density at radius 2 is 0.640 bits per heavy atom. The molecule has 4 amide bonds. The van der Waals surface area contributed by atoms with Gasteiger partial charge in [-0.1, -0.05) is 89.8 Å². The Morgan fingerprint density at radius 1 is 0.333 bits per heavy atom. The summed E-state index contributed by atoms with van der Waals surface area (Å²) in [6.07, 6.45) is 10.6. The number of nitrogens with zero attached hydrogens (tertiary/aromatic N) is 8. The second kappa shape index (κ2) is 40.4. The van der Waals surface area contributed by atoms with E-state index >= 15 is 0 Å². The molecule has 0 spiro atoms. The third-order valence-corrected chi connectivity index (χ3v) is 16.9. The smallest absolute Gasteiger partial charge is 0.256 e. The van der Waals surface area contributed by atoms with E-state index in [0.717, 1.165) is 57.3 Å². The maximum absolute atomic E-state index is 13.8. The highest BCUT2D eigenvalue weighted by Crippen LogP contribution is 2.29. The highest BCUT2D eigenvalue weighted by molar-refractivity contribution is 14.1. The number of hydrogen-bond acceptors (Lipinski definition) is 12. The lowest BCUT2D eigenvalue weighted by atomic mass is 10.1. The van der Waals surface area contributed by atoms with Gasteiger partial charge in [0.15, 0.2) is 58.2 Å². The summed E-state index contributed by atoms with van der Waals surface area (Å²) in [5.74, 6) is -14.6. The first-order valence-corrected chi connectivity index (χ1v) is 35.9. The minimum absolute atomic E-state index is 0.0124. The van der Waals surface area contributed by atoms with Crippen LogP contribution in [0.2, 0.25) is 0 Å². The molecule has 111 heavy (non-hydrogen) atoms. The van der Waals surface area contributed by atoms with Gasteiger partial charge in [0.2, 0.25) is 23.5 Å². The summed E-state index contributed by atoms with van der Waals surface area (Å²) >= 11 is 2.23. The van der Waals surface area contributed by atoms with Gasteiger partial charge in [-0.3, -0.25) is 19.2 Å². The van der Waals surface area contributed by atoms with Crippen molar-refractivity contribution < 1.29 is 67.5 Å². The summed E-state index contributed by atoms with van der Waals surface area (Å²) in [4.78, 5) is 84.6. The van der Waals surface area contributed by atoms with E-state index in [0.29, 0.717) is 112 Å². The van der Waals surface area contributed by atoms with Gasteiger partial charge >= 0.3 is 0 Å². The van der Waals surface area contributed by atoms with Crippen LogP contribution in [0.4, 0.5) is 71.6 Å². The van der Waals surface area contributed by atoms with Gasteiger partial charge in [-0.25, -0.2) is 88.2 Å². The Hall–Kier alpha value is -12.1. The molecule has 4 aromatic heterocycles. The van der Waals surface area contributed by atoms with Crippen LogP contribution in [0.1, 0.15) is 103 Å². The predicted molar refractivity (Wildman–Crippen MR) is 409 cm³/mol. The van der Waals surface area contributed by atoms with Gasteiger partial charge in [0, 0.05) is 37.0 Å². The summed E-state index contributed by atoms with van der Waals surface area (Å²) in [5.41, 5.74) is 8.16. The van der Waals surface area contributed by atoms with E-state index in [1.807, 2.05) is 70.2 Å². The van der Waals surface area contributed by atoms with Crippen LogP contribution in [0, 0.1) is 67.6 Å². The second-order valence-corrected chi connectivity index (χ2v) is 25.9. The SMILES string of the molecule is CCCc1nc(-c2ccc(F)cc2)cnc1NC(=O)Cc1c(F)c(F)c(F)c(F)c1F.CCCc1nc(-c2ccc(F)cc2)cnc1NC(=O)Cc1ccc(F)c(F)c1.CCCc1nc(-c2ccc(F)cc2)cnc1NC(=O)Cc1ccc(I)cc1.CCCc1nc(-c2ccc(F)cc2)cnc1NC(=O)c1ccccc1. The number of halogens is 12. The quantitative estimate of drug-likeness (QED) is 0.0203. The average molecular weight is 1640 g/mol. The Balaban J connectivity index is 0.000000171. The van der Waals surface area contributed by atoms with Crippen LogP contribution in [0.5, 0.6) is 0 Å². The Bertz CT molecular complexity index is 5190. The fourth-order valence-corrected chi connectivity index (χ4v) is 11.1. The van der Waals surface area contributed by atoms with Crippen molar-refractivity contribution in [2.75, 3.05) is 21.3 Å². The first kappa shape index (κ1) is 83.0.